The number of nitrogens with one attached hydrogen (secondary N) is 1. The highest BCUT2D eigenvalue weighted by Gasteiger charge is 2.51. The summed E-state index contributed by atoms with van der Waals surface area (Å²) in [7, 11) is 0. The number of hydrogen-bond acceptors (Lipinski definition) is 10. The lowest BCUT2D eigenvalue weighted by molar-refractivity contribution is -0.211. The zero-order valence-electron chi connectivity index (χ0n) is 15.7. The van der Waals surface area contributed by atoms with Gasteiger partial charge in [0.2, 0.25) is 5.91 Å². The molecule has 0 bridgehead atoms. The lowest BCUT2D eigenvalue weighted by atomic mass is 9.97. The second kappa shape index (κ2) is 10.3. The zero-order chi connectivity index (χ0) is 20.7. The van der Waals surface area contributed by atoms with E-state index < -0.39 is 53.6 Å². The molecule has 0 aromatic heterocycles. The first-order valence-electron chi connectivity index (χ1n) is 8.08. The number of carbonyl (C=O) groups excluding carboxylic acids is 5. The summed E-state index contributed by atoms with van der Waals surface area (Å²) in [5.74, 6) is -2.43. The summed E-state index contributed by atoms with van der Waals surface area (Å²) in [5, 5.41) is 2.26. The Kier molecular flexibility index (Phi) is 8.70. The highest BCUT2D eigenvalue weighted by molar-refractivity contribution is 8.14. The molecule has 1 aliphatic heterocycles. The molecule has 0 unspecified atom stereocenters. The number of hydrogen-bond donors (Lipinski definition) is 1. The van der Waals surface area contributed by atoms with Crippen molar-refractivity contribution in [3.05, 3.63) is 0 Å². The molecule has 0 saturated carbocycles. The van der Waals surface area contributed by atoms with Crippen molar-refractivity contribution in [2.24, 2.45) is 0 Å². The molecule has 0 radical (unpaired) electrons. The first-order chi connectivity index (χ1) is 12.5. The minimum Gasteiger partial charge on any atom is -0.463 e. The van der Waals surface area contributed by atoms with Gasteiger partial charge in [-0.25, -0.2) is 0 Å². The smallest absolute Gasteiger partial charge is 0.303 e. The van der Waals surface area contributed by atoms with Crippen molar-refractivity contribution in [2.75, 3.05) is 6.61 Å². The molecule has 152 valence electrons. The summed E-state index contributed by atoms with van der Waals surface area (Å²) < 4.78 is 21.2. The first-order valence-corrected chi connectivity index (χ1v) is 8.96. The Hall–Kier alpha value is -2.14. The Balaban J connectivity index is 3.29. The fraction of sp³-hybridized carbons (Fsp3) is 0.688. The van der Waals surface area contributed by atoms with Crippen LogP contribution in [0, 0.1) is 0 Å². The molecule has 1 fully saturated rings. The Bertz CT molecular complexity index is 609. The van der Waals surface area contributed by atoms with E-state index in [1.54, 1.807) is 0 Å². The highest BCUT2D eigenvalue weighted by atomic mass is 32.2. The van der Waals surface area contributed by atoms with Gasteiger partial charge in [-0.2, -0.15) is 0 Å². The maximum Gasteiger partial charge on any atom is 0.303 e. The van der Waals surface area contributed by atoms with Crippen molar-refractivity contribution in [3.8, 4) is 0 Å². The van der Waals surface area contributed by atoms with Crippen LogP contribution in [0.5, 0.6) is 0 Å². The number of carbonyl (C=O) groups is 5. The SMILES string of the molecule is CC(=O)N[C@@H]1[C@@H](OC(C)=O)[C@H](OC(C)=O)[C@@H](COC(C)=O)O[C@@H]1SC(C)=O. The number of amides is 1. The van der Waals surface area contributed by atoms with E-state index in [2.05, 4.69) is 5.32 Å². The average Bonchev–Trinajstić information content (AvgIpc) is 2.49. The van der Waals surface area contributed by atoms with E-state index in [-0.39, 0.29) is 11.7 Å². The lowest BCUT2D eigenvalue weighted by Gasteiger charge is -2.44. The van der Waals surface area contributed by atoms with Gasteiger partial charge in [0, 0.05) is 34.6 Å². The van der Waals surface area contributed by atoms with Crippen molar-refractivity contribution < 1.29 is 42.9 Å². The van der Waals surface area contributed by atoms with Gasteiger partial charge in [-0.15, -0.1) is 0 Å². The van der Waals surface area contributed by atoms with Gasteiger partial charge in [0.1, 0.15) is 24.2 Å². The molecule has 0 aliphatic carbocycles. The van der Waals surface area contributed by atoms with Crippen molar-refractivity contribution in [1.29, 1.82) is 0 Å². The number of rotatable bonds is 6. The molecule has 1 rings (SSSR count). The lowest BCUT2D eigenvalue weighted by Crippen LogP contribution is -2.65. The van der Waals surface area contributed by atoms with E-state index in [4.69, 9.17) is 18.9 Å². The van der Waals surface area contributed by atoms with Gasteiger partial charge >= 0.3 is 17.9 Å². The predicted molar refractivity (Wildman–Crippen MR) is 92.3 cm³/mol. The molecule has 11 heteroatoms. The normalized spacial score (nSPS) is 27.2. The molecular weight excluding hydrogens is 382 g/mol. The maximum absolute atomic E-state index is 11.6. The van der Waals surface area contributed by atoms with Crippen molar-refractivity contribution in [2.45, 2.75) is 64.4 Å². The van der Waals surface area contributed by atoms with Crippen LogP contribution in [0.25, 0.3) is 0 Å². The highest BCUT2D eigenvalue weighted by Crippen LogP contribution is 2.32. The molecule has 0 aromatic rings. The third-order valence-electron chi connectivity index (χ3n) is 3.35. The van der Waals surface area contributed by atoms with Crippen LogP contribution in [-0.4, -0.2) is 65.3 Å². The molecule has 0 spiro atoms. The van der Waals surface area contributed by atoms with Crippen LogP contribution in [0.15, 0.2) is 0 Å². The van der Waals surface area contributed by atoms with Crippen LogP contribution in [0.4, 0.5) is 0 Å². The average molecular weight is 405 g/mol. The second-order valence-electron chi connectivity index (χ2n) is 5.83. The minimum absolute atomic E-state index is 0.299. The monoisotopic (exact) mass is 405 g/mol. The predicted octanol–water partition coefficient (Wildman–Crippen LogP) is -0.0778. The Morgan fingerprint density at radius 3 is 1.89 bits per heavy atom. The molecule has 10 nitrogen and oxygen atoms in total. The first kappa shape index (κ1) is 22.9. The van der Waals surface area contributed by atoms with Crippen LogP contribution in [0.1, 0.15) is 34.6 Å². The third-order valence-corrected chi connectivity index (χ3v) is 4.32. The molecule has 0 aromatic carbocycles. The van der Waals surface area contributed by atoms with E-state index in [0.29, 0.717) is 0 Å². The molecule has 1 aliphatic rings. The van der Waals surface area contributed by atoms with Crippen LogP contribution in [-0.2, 0) is 42.9 Å². The van der Waals surface area contributed by atoms with Gasteiger partial charge in [-0.1, -0.05) is 11.8 Å². The minimum atomic E-state index is -1.16. The van der Waals surface area contributed by atoms with Crippen LogP contribution in [0.3, 0.4) is 0 Å². The fourth-order valence-corrected chi connectivity index (χ4v) is 3.45. The summed E-state index contributed by atoms with van der Waals surface area (Å²) in [6.45, 7) is 5.74. The Labute approximate surface area is 160 Å². The molecule has 1 N–H and O–H groups in total. The molecule has 1 saturated heterocycles. The van der Waals surface area contributed by atoms with Gasteiger partial charge in [-0.05, 0) is 0 Å². The van der Waals surface area contributed by atoms with Gasteiger partial charge in [0.05, 0.1) is 0 Å². The fourth-order valence-electron chi connectivity index (χ4n) is 2.55. The summed E-state index contributed by atoms with van der Waals surface area (Å²) in [4.78, 5) is 57.5. The molecule has 5 atom stereocenters. The zero-order valence-corrected chi connectivity index (χ0v) is 16.5. The summed E-state index contributed by atoms with van der Waals surface area (Å²) >= 11 is 0.767. The standard InChI is InChI=1S/C16H23NO9S/c1-7(18)17-13-15(25-10(4)21)14(24-9(3)20)12(6-23-8(2)19)26-16(13)27-11(5)22/h12-16H,6H2,1-5H3,(H,17,18)/t12-,13-,14-,15-,16-/m1/s1. The second-order valence-corrected chi connectivity index (χ2v) is 7.10. The molecule has 1 amide bonds. The van der Waals surface area contributed by atoms with Gasteiger partial charge in [0.25, 0.3) is 0 Å². The number of esters is 3. The quantitative estimate of drug-likeness (QED) is 0.472. The van der Waals surface area contributed by atoms with E-state index in [9.17, 15) is 24.0 Å². The van der Waals surface area contributed by atoms with E-state index in [1.165, 1.54) is 20.8 Å². The van der Waals surface area contributed by atoms with E-state index >= 15 is 0 Å². The van der Waals surface area contributed by atoms with Crippen LogP contribution in [0.2, 0.25) is 0 Å². The summed E-state index contributed by atoms with van der Waals surface area (Å²) in [6, 6.07) is -0.974. The van der Waals surface area contributed by atoms with E-state index in [1.807, 2.05) is 0 Å². The topological polar surface area (TPSA) is 134 Å². The van der Waals surface area contributed by atoms with Crippen LogP contribution < -0.4 is 5.32 Å². The Morgan fingerprint density at radius 2 is 1.44 bits per heavy atom. The maximum atomic E-state index is 11.6. The molecule has 27 heavy (non-hydrogen) atoms. The molecule has 1 heterocycles. The number of thioether (sulfide) groups is 1. The van der Waals surface area contributed by atoms with Gasteiger partial charge in [-0.3, -0.25) is 24.0 Å². The van der Waals surface area contributed by atoms with Gasteiger partial charge < -0.3 is 24.3 Å². The van der Waals surface area contributed by atoms with Crippen LogP contribution >= 0.6 is 11.8 Å². The van der Waals surface area contributed by atoms with Crippen molar-refractivity contribution in [3.63, 3.8) is 0 Å². The van der Waals surface area contributed by atoms with E-state index in [0.717, 1.165) is 25.6 Å². The van der Waals surface area contributed by atoms with Crippen molar-refractivity contribution in [1.82, 2.24) is 5.32 Å². The third kappa shape index (κ3) is 7.55. The summed E-state index contributed by atoms with van der Waals surface area (Å²) in [6.07, 6.45) is -3.32. The largest absolute Gasteiger partial charge is 0.463 e. The van der Waals surface area contributed by atoms with Gasteiger partial charge in [0.15, 0.2) is 17.3 Å². The Morgan fingerprint density at radius 1 is 0.889 bits per heavy atom. The summed E-state index contributed by atoms with van der Waals surface area (Å²) in [5.41, 5.74) is -0.955. The molecular formula is C16H23NO9S. The number of ether oxygens (including phenoxy) is 4. The van der Waals surface area contributed by atoms with Crippen molar-refractivity contribution >= 4 is 40.7 Å².